The molecule has 2 aliphatic heterocycles. The van der Waals surface area contributed by atoms with Crippen LogP contribution in [0.3, 0.4) is 0 Å². The first-order chi connectivity index (χ1) is 7.66. The number of rotatable bonds is 3. The van der Waals surface area contributed by atoms with Gasteiger partial charge in [-0.05, 0) is 12.8 Å². The summed E-state index contributed by atoms with van der Waals surface area (Å²) in [6, 6.07) is -0.222. The lowest BCUT2D eigenvalue weighted by molar-refractivity contribution is 0.204. The maximum absolute atomic E-state index is 12.3. The quantitative estimate of drug-likeness (QED) is 0.645. The molecule has 0 aromatic rings. The third-order valence-corrected chi connectivity index (χ3v) is 5.32. The summed E-state index contributed by atoms with van der Waals surface area (Å²) in [6.07, 6.45) is 1.61. The molecule has 1 atom stereocenters. The van der Waals surface area contributed by atoms with Crippen LogP contribution in [0.5, 0.6) is 0 Å². The Balaban J connectivity index is 2.11. The predicted molar refractivity (Wildman–Crippen MR) is 60.2 cm³/mol. The fourth-order valence-corrected chi connectivity index (χ4v) is 4.17. The van der Waals surface area contributed by atoms with E-state index in [9.17, 15) is 8.42 Å². The van der Waals surface area contributed by atoms with Gasteiger partial charge in [0.15, 0.2) is 0 Å². The van der Waals surface area contributed by atoms with E-state index in [2.05, 4.69) is 5.32 Å². The Labute approximate surface area is 96.4 Å². The summed E-state index contributed by atoms with van der Waals surface area (Å²) < 4.78 is 27.5. The minimum atomic E-state index is -3.36. The van der Waals surface area contributed by atoms with Gasteiger partial charge in [0, 0.05) is 38.8 Å². The van der Waals surface area contributed by atoms with Crippen molar-refractivity contribution in [3.63, 3.8) is 0 Å². The van der Waals surface area contributed by atoms with Crippen LogP contribution in [0.4, 0.5) is 0 Å². The first-order valence-corrected chi connectivity index (χ1v) is 7.14. The topological polar surface area (TPSA) is 72.9 Å². The second-order valence-electron chi connectivity index (χ2n) is 4.25. The third kappa shape index (κ3) is 2.23. The number of aliphatic hydroxyl groups excluding tert-OH is 1. The minimum Gasteiger partial charge on any atom is -0.395 e. The molecule has 0 radical (unpaired) electrons. The number of piperazine rings is 1. The number of hydrogen-bond donors (Lipinski definition) is 2. The van der Waals surface area contributed by atoms with Crippen molar-refractivity contribution >= 4 is 10.2 Å². The maximum Gasteiger partial charge on any atom is 0.282 e. The van der Waals surface area contributed by atoms with Gasteiger partial charge in [0.2, 0.25) is 0 Å². The van der Waals surface area contributed by atoms with E-state index in [0.717, 1.165) is 12.8 Å². The molecular weight excluding hydrogens is 230 g/mol. The van der Waals surface area contributed by atoms with Crippen molar-refractivity contribution < 1.29 is 13.5 Å². The lowest BCUT2D eigenvalue weighted by Gasteiger charge is -2.32. The molecule has 0 spiro atoms. The van der Waals surface area contributed by atoms with E-state index in [1.54, 1.807) is 0 Å². The van der Waals surface area contributed by atoms with Crippen LogP contribution in [0, 0.1) is 0 Å². The Morgan fingerprint density at radius 2 is 1.94 bits per heavy atom. The molecule has 0 aromatic heterocycles. The average molecular weight is 249 g/mol. The van der Waals surface area contributed by atoms with Crippen molar-refractivity contribution in [1.29, 1.82) is 0 Å². The predicted octanol–water partition coefficient (Wildman–Crippen LogP) is -1.41. The lowest BCUT2D eigenvalue weighted by Crippen LogP contribution is -2.53. The summed E-state index contributed by atoms with van der Waals surface area (Å²) in [5, 5.41) is 12.3. The van der Waals surface area contributed by atoms with E-state index in [1.165, 1.54) is 8.61 Å². The molecule has 6 nitrogen and oxygen atoms in total. The molecule has 16 heavy (non-hydrogen) atoms. The van der Waals surface area contributed by atoms with Gasteiger partial charge in [0.25, 0.3) is 10.2 Å². The molecule has 2 N–H and O–H groups in total. The van der Waals surface area contributed by atoms with Crippen molar-refractivity contribution in [2.45, 2.75) is 18.9 Å². The van der Waals surface area contributed by atoms with E-state index < -0.39 is 10.2 Å². The van der Waals surface area contributed by atoms with Gasteiger partial charge in [-0.15, -0.1) is 0 Å². The summed E-state index contributed by atoms with van der Waals surface area (Å²) in [5.41, 5.74) is 0. The molecular formula is C9H19N3O3S. The van der Waals surface area contributed by atoms with E-state index in [0.29, 0.717) is 32.7 Å². The Morgan fingerprint density at radius 1 is 1.25 bits per heavy atom. The van der Waals surface area contributed by atoms with Gasteiger partial charge in [-0.2, -0.15) is 17.0 Å². The second-order valence-corrected chi connectivity index (χ2v) is 6.13. The van der Waals surface area contributed by atoms with Gasteiger partial charge in [0.05, 0.1) is 6.61 Å². The van der Waals surface area contributed by atoms with Gasteiger partial charge in [-0.1, -0.05) is 0 Å². The first-order valence-electron chi connectivity index (χ1n) is 5.75. The fraction of sp³-hybridized carbons (Fsp3) is 1.00. The zero-order valence-electron chi connectivity index (χ0n) is 9.30. The van der Waals surface area contributed by atoms with Crippen LogP contribution in [0.25, 0.3) is 0 Å². The fourth-order valence-electron chi connectivity index (χ4n) is 2.32. The Bertz CT molecular complexity index is 327. The molecule has 1 unspecified atom stereocenters. The Kier molecular flexibility index (Phi) is 3.81. The summed E-state index contributed by atoms with van der Waals surface area (Å²) >= 11 is 0. The van der Waals surface area contributed by atoms with Crippen LogP contribution < -0.4 is 5.32 Å². The molecule has 2 aliphatic rings. The molecule has 0 aliphatic carbocycles. The largest absolute Gasteiger partial charge is 0.395 e. The number of hydrogen-bond acceptors (Lipinski definition) is 4. The van der Waals surface area contributed by atoms with Crippen molar-refractivity contribution in [2.24, 2.45) is 0 Å². The molecule has 7 heteroatoms. The molecule has 2 saturated heterocycles. The standard InChI is InChI=1S/C9H19N3O3S/c13-8-9-2-1-5-12(9)16(14,15)11-6-3-10-4-7-11/h9-10,13H,1-8H2. The summed E-state index contributed by atoms with van der Waals surface area (Å²) in [7, 11) is -3.36. The van der Waals surface area contributed by atoms with Crippen LogP contribution in [0.15, 0.2) is 0 Å². The van der Waals surface area contributed by atoms with Gasteiger partial charge >= 0.3 is 0 Å². The van der Waals surface area contributed by atoms with Crippen LogP contribution >= 0.6 is 0 Å². The van der Waals surface area contributed by atoms with E-state index >= 15 is 0 Å². The van der Waals surface area contributed by atoms with Crippen molar-refractivity contribution in [2.75, 3.05) is 39.3 Å². The number of nitrogens with zero attached hydrogens (tertiary/aromatic N) is 2. The maximum atomic E-state index is 12.3. The van der Waals surface area contributed by atoms with Crippen LogP contribution in [-0.4, -0.2) is 67.5 Å². The average Bonchev–Trinajstić information content (AvgIpc) is 2.79. The van der Waals surface area contributed by atoms with Crippen LogP contribution in [0.2, 0.25) is 0 Å². The van der Waals surface area contributed by atoms with Crippen molar-refractivity contribution in [1.82, 2.24) is 13.9 Å². The van der Waals surface area contributed by atoms with Gasteiger partial charge in [0.1, 0.15) is 0 Å². The normalized spacial score (nSPS) is 29.7. The van der Waals surface area contributed by atoms with E-state index in [-0.39, 0.29) is 12.6 Å². The zero-order chi connectivity index (χ0) is 11.6. The molecule has 0 amide bonds. The molecule has 2 heterocycles. The highest BCUT2D eigenvalue weighted by atomic mass is 32.2. The molecule has 2 rings (SSSR count). The third-order valence-electron chi connectivity index (χ3n) is 3.23. The van der Waals surface area contributed by atoms with Crippen LogP contribution in [0.1, 0.15) is 12.8 Å². The molecule has 94 valence electrons. The Morgan fingerprint density at radius 3 is 2.56 bits per heavy atom. The summed E-state index contributed by atoms with van der Waals surface area (Å²) in [6.45, 7) is 2.92. The Hall–Kier alpha value is -0.210. The van der Waals surface area contributed by atoms with Crippen LogP contribution in [-0.2, 0) is 10.2 Å². The monoisotopic (exact) mass is 249 g/mol. The molecule has 0 saturated carbocycles. The van der Waals surface area contributed by atoms with Gasteiger partial charge in [-0.25, -0.2) is 0 Å². The smallest absolute Gasteiger partial charge is 0.282 e. The highest BCUT2D eigenvalue weighted by Crippen LogP contribution is 2.22. The summed E-state index contributed by atoms with van der Waals surface area (Å²) in [4.78, 5) is 0. The highest BCUT2D eigenvalue weighted by Gasteiger charge is 2.37. The molecule has 0 aromatic carbocycles. The second kappa shape index (κ2) is 4.97. The summed E-state index contributed by atoms with van der Waals surface area (Å²) in [5.74, 6) is 0. The zero-order valence-corrected chi connectivity index (χ0v) is 10.1. The van der Waals surface area contributed by atoms with Gasteiger partial charge < -0.3 is 10.4 Å². The van der Waals surface area contributed by atoms with Crippen molar-refractivity contribution in [3.05, 3.63) is 0 Å². The van der Waals surface area contributed by atoms with Crippen molar-refractivity contribution in [3.8, 4) is 0 Å². The highest BCUT2D eigenvalue weighted by molar-refractivity contribution is 7.86. The first kappa shape index (κ1) is 12.3. The van der Waals surface area contributed by atoms with E-state index in [4.69, 9.17) is 5.11 Å². The SMILES string of the molecule is O=S(=O)(N1CCNCC1)N1CCCC1CO. The lowest BCUT2D eigenvalue weighted by atomic mass is 10.2. The minimum absolute atomic E-state index is 0.0781. The number of aliphatic hydroxyl groups is 1. The van der Waals surface area contributed by atoms with Gasteiger partial charge in [-0.3, -0.25) is 0 Å². The number of nitrogens with one attached hydrogen (secondary N) is 1. The van der Waals surface area contributed by atoms with E-state index in [1.807, 2.05) is 0 Å². The molecule has 2 fully saturated rings. The molecule has 0 bridgehead atoms.